The zero-order valence-corrected chi connectivity index (χ0v) is 9.05. The first-order valence-corrected chi connectivity index (χ1v) is 5.74. The van der Waals surface area contributed by atoms with E-state index in [2.05, 4.69) is 49.0 Å². The van der Waals surface area contributed by atoms with E-state index in [0.717, 1.165) is 0 Å². The van der Waals surface area contributed by atoms with Crippen molar-refractivity contribution < 1.29 is 0 Å². The second-order valence-electron chi connectivity index (χ2n) is 3.56. The van der Waals surface area contributed by atoms with Crippen molar-refractivity contribution >= 4 is 37.6 Å². The number of hydrogen-bond donors (Lipinski definition) is 0. The molecule has 0 saturated carbocycles. The molecule has 0 nitrogen and oxygen atoms in total. The minimum atomic E-state index is 1.19. The Hall–Kier alpha value is -1.60. The van der Waals surface area contributed by atoms with Gasteiger partial charge in [-0.1, -0.05) is 36.9 Å². The summed E-state index contributed by atoms with van der Waals surface area (Å²) in [4.78, 5) is 0. The molecule has 0 fully saturated rings. The highest BCUT2D eigenvalue weighted by molar-refractivity contribution is 7.25. The topological polar surface area (TPSA) is 0 Å². The maximum Gasteiger partial charge on any atom is 0.0355 e. The van der Waals surface area contributed by atoms with E-state index < -0.39 is 0 Å². The van der Waals surface area contributed by atoms with Gasteiger partial charge in [0.25, 0.3) is 0 Å². The van der Waals surface area contributed by atoms with Gasteiger partial charge in [0.2, 0.25) is 0 Å². The van der Waals surface area contributed by atoms with E-state index in [0.29, 0.717) is 0 Å². The molecule has 0 atom stereocenters. The van der Waals surface area contributed by atoms with Gasteiger partial charge in [-0.05, 0) is 23.8 Å². The predicted molar refractivity (Wildman–Crippen MR) is 69.4 cm³/mol. The fraction of sp³-hybridized carbons (Fsp3) is 0. The molecule has 15 heavy (non-hydrogen) atoms. The van der Waals surface area contributed by atoms with E-state index in [4.69, 9.17) is 0 Å². The lowest BCUT2D eigenvalue weighted by Gasteiger charge is -1.93. The summed E-state index contributed by atoms with van der Waals surface area (Å²) in [5, 5.41) is 2.69. The molecule has 72 valence electrons. The molecule has 1 heteroatoms. The normalized spacial score (nSPS) is 10.9. The predicted octanol–water partition coefficient (Wildman–Crippen LogP) is 4.70. The summed E-state index contributed by atoms with van der Waals surface area (Å²) in [7, 11) is 0. The van der Waals surface area contributed by atoms with Crippen molar-refractivity contribution in [2.24, 2.45) is 0 Å². The summed E-state index contributed by atoms with van der Waals surface area (Å²) >= 11 is 1.85. The zero-order valence-electron chi connectivity index (χ0n) is 8.23. The lowest BCUT2D eigenvalue weighted by atomic mass is 10.1. The largest absolute Gasteiger partial charge is 0.135 e. The third kappa shape index (κ3) is 1.28. The van der Waals surface area contributed by atoms with Crippen LogP contribution < -0.4 is 0 Å². The van der Waals surface area contributed by atoms with Crippen LogP contribution in [-0.4, -0.2) is 0 Å². The van der Waals surface area contributed by atoms with Crippen LogP contribution in [-0.2, 0) is 0 Å². The maximum atomic E-state index is 3.81. The Morgan fingerprint density at radius 2 is 1.73 bits per heavy atom. The lowest BCUT2D eigenvalue weighted by molar-refractivity contribution is 1.78. The summed E-state index contributed by atoms with van der Waals surface area (Å²) in [5.74, 6) is 0. The Labute approximate surface area is 92.5 Å². The van der Waals surface area contributed by atoms with E-state index in [1.807, 2.05) is 17.4 Å². The van der Waals surface area contributed by atoms with Gasteiger partial charge in [-0.25, -0.2) is 0 Å². The van der Waals surface area contributed by atoms with Crippen LogP contribution in [0.3, 0.4) is 0 Å². The molecule has 1 heterocycles. The van der Waals surface area contributed by atoms with E-state index in [-0.39, 0.29) is 0 Å². The van der Waals surface area contributed by atoms with E-state index >= 15 is 0 Å². The van der Waals surface area contributed by atoms with Gasteiger partial charge in [0.1, 0.15) is 0 Å². The highest BCUT2D eigenvalue weighted by Crippen LogP contribution is 2.34. The standard InChI is InChI=1S/C14H10S/c1-2-10-7-8-14-12(9-10)11-5-3-4-6-13(11)15-14/h2-9H,1H2. The number of hydrogen-bond acceptors (Lipinski definition) is 1. The highest BCUT2D eigenvalue weighted by atomic mass is 32.1. The van der Waals surface area contributed by atoms with Gasteiger partial charge in [-0.2, -0.15) is 0 Å². The smallest absolute Gasteiger partial charge is 0.0355 e. The molecule has 3 aromatic rings. The van der Waals surface area contributed by atoms with Gasteiger partial charge in [0, 0.05) is 20.2 Å². The third-order valence-electron chi connectivity index (χ3n) is 2.64. The molecule has 0 unspecified atom stereocenters. The first-order valence-electron chi connectivity index (χ1n) is 4.92. The molecular formula is C14H10S. The van der Waals surface area contributed by atoms with E-state index in [9.17, 15) is 0 Å². The quantitative estimate of drug-likeness (QED) is 0.546. The SMILES string of the molecule is C=Cc1ccc2sc3ccccc3c2c1. The molecule has 0 spiro atoms. The summed E-state index contributed by atoms with van der Waals surface area (Å²) in [6.07, 6.45) is 1.89. The Morgan fingerprint density at radius 1 is 0.933 bits per heavy atom. The van der Waals surface area contributed by atoms with Gasteiger partial charge in [0.15, 0.2) is 0 Å². The molecule has 0 aliphatic carbocycles. The van der Waals surface area contributed by atoms with Crippen LogP contribution in [0.1, 0.15) is 5.56 Å². The Balaban J connectivity index is 2.51. The summed E-state index contributed by atoms with van der Waals surface area (Å²) in [6, 6.07) is 15.0. The molecule has 2 aromatic carbocycles. The Bertz CT molecular complexity index is 647. The van der Waals surface area contributed by atoms with E-state index in [1.165, 1.54) is 25.7 Å². The van der Waals surface area contributed by atoms with E-state index in [1.54, 1.807) is 0 Å². The first-order chi connectivity index (χ1) is 7.38. The molecule has 0 N–H and O–H groups in total. The van der Waals surface area contributed by atoms with Crippen LogP contribution in [0.4, 0.5) is 0 Å². The minimum absolute atomic E-state index is 1.19. The molecule has 0 amide bonds. The number of thiophene rings is 1. The molecule has 0 aliphatic heterocycles. The zero-order chi connectivity index (χ0) is 10.3. The monoisotopic (exact) mass is 210 g/mol. The van der Waals surface area contributed by atoms with Crippen molar-refractivity contribution in [3.8, 4) is 0 Å². The number of benzene rings is 2. The van der Waals surface area contributed by atoms with Crippen LogP contribution in [0.5, 0.6) is 0 Å². The van der Waals surface area contributed by atoms with Gasteiger partial charge in [-0.15, -0.1) is 11.3 Å². The second-order valence-corrected chi connectivity index (χ2v) is 4.64. The van der Waals surface area contributed by atoms with Gasteiger partial charge in [-0.3, -0.25) is 0 Å². The molecule has 1 aromatic heterocycles. The molecule has 3 rings (SSSR count). The van der Waals surface area contributed by atoms with Crippen LogP contribution >= 0.6 is 11.3 Å². The average Bonchev–Trinajstić information content (AvgIpc) is 2.66. The van der Waals surface area contributed by atoms with Crippen LogP contribution in [0, 0.1) is 0 Å². The summed E-state index contributed by atoms with van der Waals surface area (Å²) in [5.41, 5.74) is 1.19. The number of fused-ring (bicyclic) bond motifs is 3. The summed E-state index contributed by atoms with van der Waals surface area (Å²) in [6.45, 7) is 3.81. The Morgan fingerprint density at radius 3 is 2.60 bits per heavy atom. The minimum Gasteiger partial charge on any atom is -0.135 e. The fourth-order valence-electron chi connectivity index (χ4n) is 1.87. The summed E-state index contributed by atoms with van der Waals surface area (Å²) < 4.78 is 2.70. The third-order valence-corrected chi connectivity index (χ3v) is 3.79. The Kier molecular flexibility index (Phi) is 1.86. The van der Waals surface area contributed by atoms with Crippen molar-refractivity contribution in [2.75, 3.05) is 0 Å². The van der Waals surface area contributed by atoms with Gasteiger partial charge < -0.3 is 0 Å². The van der Waals surface area contributed by atoms with Crippen molar-refractivity contribution in [2.45, 2.75) is 0 Å². The number of rotatable bonds is 1. The maximum absolute atomic E-state index is 3.81. The van der Waals surface area contributed by atoms with Crippen LogP contribution in [0.25, 0.3) is 26.2 Å². The van der Waals surface area contributed by atoms with Crippen LogP contribution in [0.2, 0.25) is 0 Å². The molecule has 0 bridgehead atoms. The second kappa shape index (κ2) is 3.21. The van der Waals surface area contributed by atoms with Crippen molar-refractivity contribution in [3.05, 3.63) is 54.6 Å². The van der Waals surface area contributed by atoms with Crippen molar-refractivity contribution in [3.63, 3.8) is 0 Å². The van der Waals surface area contributed by atoms with Gasteiger partial charge in [0.05, 0.1) is 0 Å². The fourth-order valence-corrected chi connectivity index (χ4v) is 2.96. The van der Waals surface area contributed by atoms with Gasteiger partial charge >= 0.3 is 0 Å². The molecule has 0 aliphatic rings. The average molecular weight is 210 g/mol. The lowest BCUT2D eigenvalue weighted by Crippen LogP contribution is -1.70. The molecule has 0 radical (unpaired) electrons. The van der Waals surface area contributed by atoms with Crippen LogP contribution in [0.15, 0.2) is 49.0 Å². The molecular weight excluding hydrogens is 200 g/mol. The highest BCUT2D eigenvalue weighted by Gasteiger charge is 2.03. The van der Waals surface area contributed by atoms with Crippen molar-refractivity contribution in [1.82, 2.24) is 0 Å². The first kappa shape index (κ1) is 8.69. The van der Waals surface area contributed by atoms with Crippen molar-refractivity contribution in [1.29, 1.82) is 0 Å². The molecule has 0 saturated heterocycles.